The first-order valence-corrected chi connectivity index (χ1v) is 8.87. The zero-order valence-electron chi connectivity index (χ0n) is 12.3. The van der Waals surface area contributed by atoms with E-state index in [0.29, 0.717) is 24.4 Å². The van der Waals surface area contributed by atoms with Gasteiger partial charge < -0.3 is 9.64 Å². The molecule has 0 aromatic carbocycles. The lowest BCUT2D eigenvalue weighted by atomic mass is 9.91. The molecule has 0 N–H and O–H groups in total. The summed E-state index contributed by atoms with van der Waals surface area (Å²) in [5.74, 6) is 1.48. The lowest BCUT2D eigenvalue weighted by Crippen LogP contribution is -2.37. The molecule has 7 heteroatoms. The molecule has 116 valence electrons. The summed E-state index contributed by atoms with van der Waals surface area (Å²) in [7, 11) is 0. The van der Waals surface area contributed by atoms with Crippen LogP contribution in [0.4, 0.5) is 5.95 Å². The van der Waals surface area contributed by atoms with Gasteiger partial charge in [0.15, 0.2) is 5.16 Å². The molecule has 1 saturated carbocycles. The third kappa shape index (κ3) is 4.20. The van der Waals surface area contributed by atoms with Crippen LogP contribution in [0, 0.1) is 5.92 Å². The Labute approximate surface area is 134 Å². The zero-order chi connectivity index (χ0) is 14.7. The van der Waals surface area contributed by atoms with Crippen molar-refractivity contribution in [2.45, 2.75) is 43.0 Å². The number of hydrogen-bond donors (Lipinski definition) is 0. The van der Waals surface area contributed by atoms with E-state index in [1.54, 1.807) is 11.8 Å². The van der Waals surface area contributed by atoms with E-state index in [4.69, 9.17) is 16.3 Å². The van der Waals surface area contributed by atoms with Crippen LogP contribution in [0.15, 0.2) is 5.16 Å². The van der Waals surface area contributed by atoms with E-state index in [-0.39, 0.29) is 5.28 Å². The summed E-state index contributed by atoms with van der Waals surface area (Å²) >= 11 is 7.84. The van der Waals surface area contributed by atoms with Crippen molar-refractivity contribution in [3.05, 3.63) is 5.28 Å². The SMILES string of the molecule is CC1CCCC(Sc2nc(Cl)nc(N3CCOCC3)n2)C1. The molecular formula is C14H21ClN4OS. The molecule has 2 atom stereocenters. The van der Waals surface area contributed by atoms with Gasteiger partial charge in [-0.1, -0.05) is 31.5 Å². The van der Waals surface area contributed by atoms with Crippen LogP contribution in [0.25, 0.3) is 0 Å². The molecule has 2 aliphatic rings. The Hall–Kier alpha value is -0.590. The zero-order valence-corrected chi connectivity index (χ0v) is 13.9. The Morgan fingerprint density at radius 1 is 1.19 bits per heavy atom. The van der Waals surface area contributed by atoms with Gasteiger partial charge in [0.1, 0.15) is 0 Å². The van der Waals surface area contributed by atoms with Gasteiger partial charge in [0.2, 0.25) is 11.2 Å². The van der Waals surface area contributed by atoms with Crippen molar-refractivity contribution in [2.75, 3.05) is 31.2 Å². The first-order chi connectivity index (χ1) is 10.2. The molecule has 1 aromatic rings. The van der Waals surface area contributed by atoms with Gasteiger partial charge >= 0.3 is 0 Å². The van der Waals surface area contributed by atoms with Crippen LogP contribution in [0.3, 0.4) is 0 Å². The van der Waals surface area contributed by atoms with E-state index in [1.165, 1.54) is 25.7 Å². The highest BCUT2D eigenvalue weighted by atomic mass is 35.5. The topological polar surface area (TPSA) is 51.1 Å². The highest BCUT2D eigenvalue weighted by molar-refractivity contribution is 7.99. The Kier molecular flexibility index (Phi) is 5.19. The molecule has 0 radical (unpaired) electrons. The van der Waals surface area contributed by atoms with E-state index in [0.717, 1.165) is 24.2 Å². The number of rotatable bonds is 3. The first-order valence-electron chi connectivity index (χ1n) is 7.61. The van der Waals surface area contributed by atoms with Gasteiger partial charge in [-0.2, -0.15) is 15.0 Å². The summed E-state index contributed by atoms with van der Waals surface area (Å²) in [6.07, 6.45) is 5.12. The number of ether oxygens (including phenoxy) is 1. The van der Waals surface area contributed by atoms with Gasteiger partial charge in [0, 0.05) is 18.3 Å². The number of nitrogens with zero attached hydrogens (tertiary/aromatic N) is 4. The van der Waals surface area contributed by atoms with E-state index < -0.39 is 0 Å². The van der Waals surface area contributed by atoms with E-state index >= 15 is 0 Å². The van der Waals surface area contributed by atoms with Crippen LogP contribution in [0.1, 0.15) is 32.6 Å². The van der Waals surface area contributed by atoms with Crippen molar-refractivity contribution in [3.8, 4) is 0 Å². The standard InChI is InChI=1S/C14H21ClN4OS/c1-10-3-2-4-11(9-10)21-14-17-12(15)16-13(18-14)19-5-7-20-8-6-19/h10-11H,2-9H2,1H3. The summed E-state index contributed by atoms with van der Waals surface area (Å²) in [4.78, 5) is 15.3. The second-order valence-corrected chi connectivity index (χ2v) is 7.40. The quantitative estimate of drug-likeness (QED) is 0.850. The second kappa shape index (κ2) is 7.11. The van der Waals surface area contributed by atoms with Crippen LogP contribution in [-0.2, 0) is 4.74 Å². The number of morpholine rings is 1. The molecule has 1 saturated heterocycles. The van der Waals surface area contributed by atoms with Crippen LogP contribution in [0.2, 0.25) is 5.28 Å². The number of halogens is 1. The van der Waals surface area contributed by atoms with Gasteiger partial charge in [-0.25, -0.2) is 0 Å². The fourth-order valence-electron chi connectivity index (χ4n) is 2.91. The van der Waals surface area contributed by atoms with Gasteiger partial charge in [-0.15, -0.1) is 0 Å². The van der Waals surface area contributed by atoms with Crippen LogP contribution >= 0.6 is 23.4 Å². The van der Waals surface area contributed by atoms with Crippen LogP contribution in [-0.4, -0.2) is 46.5 Å². The summed E-state index contributed by atoms with van der Waals surface area (Å²) in [5, 5.41) is 1.65. The van der Waals surface area contributed by atoms with E-state index in [9.17, 15) is 0 Å². The maximum absolute atomic E-state index is 6.08. The third-order valence-electron chi connectivity index (χ3n) is 4.03. The molecule has 0 bridgehead atoms. The van der Waals surface area contributed by atoms with Crippen molar-refractivity contribution in [2.24, 2.45) is 5.92 Å². The molecule has 2 fully saturated rings. The average Bonchev–Trinajstić information content (AvgIpc) is 2.47. The smallest absolute Gasteiger partial charge is 0.230 e. The summed E-state index contributed by atoms with van der Waals surface area (Å²) in [5.41, 5.74) is 0. The molecule has 2 unspecified atom stereocenters. The second-order valence-electron chi connectivity index (χ2n) is 5.80. The predicted octanol–water partition coefficient (Wildman–Crippen LogP) is 3.03. The van der Waals surface area contributed by atoms with Crippen molar-refractivity contribution < 1.29 is 4.74 Å². The van der Waals surface area contributed by atoms with Crippen molar-refractivity contribution in [1.82, 2.24) is 15.0 Å². The minimum absolute atomic E-state index is 0.290. The van der Waals surface area contributed by atoms with Gasteiger partial charge in [-0.05, 0) is 30.4 Å². The van der Waals surface area contributed by atoms with Crippen molar-refractivity contribution in [3.63, 3.8) is 0 Å². The number of thioether (sulfide) groups is 1. The summed E-state index contributed by atoms with van der Waals surface area (Å²) in [6, 6.07) is 0. The molecule has 21 heavy (non-hydrogen) atoms. The van der Waals surface area contributed by atoms with Crippen molar-refractivity contribution in [1.29, 1.82) is 0 Å². The largest absolute Gasteiger partial charge is 0.378 e. The predicted molar refractivity (Wildman–Crippen MR) is 85.1 cm³/mol. The number of anilines is 1. The molecule has 0 spiro atoms. The highest BCUT2D eigenvalue weighted by Crippen LogP contribution is 2.35. The molecule has 1 aromatic heterocycles. The fourth-order valence-corrected chi connectivity index (χ4v) is 4.40. The maximum Gasteiger partial charge on any atom is 0.230 e. The lowest BCUT2D eigenvalue weighted by Gasteiger charge is -2.28. The van der Waals surface area contributed by atoms with Crippen LogP contribution in [0.5, 0.6) is 0 Å². The molecule has 0 amide bonds. The monoisotopic (exact) mass is 328 g/mol. The third-order valence-corrected chi connectivity index (χ3v) is 5.35. The average molecular weight is 329 g/mol. The fraction of sp³-hybridized carbons (Fsp3) is 0.786. The molecule has 2 heterocycles. The minimum atomic E-state index is 0.290. The number of hydrogen-bond acceptors (Lipinski definition) is 6. The highest BCUT2D eigenvalue weighted by Gasteiger charge is 2.22. The number of aromatic nitrogens is 3. The Balaban J connectivity index is 1.71. The Bertz CT molecular complexity index is 484. The Morgan fingerprint density at radius 3 is 2.76 bits per heavy atom. The van der Waals surface area contributed by atoms with E-state index in [2.05, 4.69) is 26.8 Å². The van der Waals surface area contributed by atoms with Gasteiger partial charge in [0.05, 0.1) is 13.2 Å². The molecule has 5 nitrogen and oxygen atoms in total. The summed E-state index contributed by atoms with van der Waals surface area (Å²) < 4.78 is 5.36. The molecule has 3 rings (SSSR count). The van der Waals surface area contributed by atoms with Crippen LogP contribution < -0.4 is 4.90 Å². The van der Waals surface area contributed by atoms with Gasteiger partial charge in [-0.3, -0.25) is 0 Å². The molecule has 1 aliphatic heterocycles. The Morgan fingerprint density at radius 2 is 2.00 bits per heavy atom. The normalized spacial score (nSPS) is 26.9. The maximum atomic E-state index is 6.08. The molecule has 1 aliphatic carbocycles. The molecular weight excluding hydrogens is 308 g/mol. The summed E-state index contributed by atoms with van der Waals surface area (Å²) in [6.45, 7) is 5.37. The van der Waals surface area contributed by atoms with Gasteiger partial charge in [0.25, 0.3) is 0 Å². The van der Waals surface area contributed by atoms with E-state index in [1.807, 2.05) is 0 Å². The van der Waals surface area contributed by atoms with Crippen molar-refractivity contribution >= 4 is 29.3 Å². The minimum Gasteiger partial charge on any atom is -0.378 e. The first kappa shape index (κ1) is 15.3. The lowest BCUT2D eigenvalue weighted by molar-refractivity contribution is 0.122.